The lowest BCUT2D eigenvalue weighted by atomic mass is 10.0. The van der Waals surface area contributed by atoms with Crippen LogP contribution in [-0.4, -0.2) is 74.1 Å². The summed E-state index contributed by atoms with van der Waals surface area (Å²) in [5.74, 6) is -3.51. The SMILES string of the molecule is CC(C)CC(NC(=O)C(Cc1c[nH]cn1)NC(=O)C(N)C(C)C)C(=O)NC(C(=O)O)C(C)O. The third-order valence-electron chi connectivity index (χ3n) is 5.01. The van der Waals surface area contributed by atoms with Crippen molar-refractivity contribution in [1.82, 2.24) is 25.9 Å². The number of nitrogens with zero attached hydrogens (tertiary/aromatic N) is 1. The first-order valence-electron chi connectivity index (χ1n) is 10.9. The number of H-pyrrole nitrogens is 1. The van der Waals surface area contributed by atoms with E-state index in [9.17, 15) is 29.4 Å². The molecule has 5 atom stereocenters. The molecular weight excluding hydrogens is 432 g/mol. The molecule has 0 fully saturated rings. The predicted octanol–water partition coefficient (Wildman–Crippen LogP) is -1.10. The zero-order valence-electron chi connectivity index (χ0n) is 19.7. The van der Waals surface area contributed by atoms with Gasteiger partial charge in [-0.05, 0) is 25.2 Å². The fourth-order valence-corrected chi connectivity index (χ4v) is 3.01. The molecule has 0 spiro atoms. The molecule has 12 heteroatoms. The molecule has 1 rings (SSSR count). The van der Waals surface area contributed by atoms with E-state index in [1.165, 1.54) is 13.3 Å². The van der Waals surface area contributed by atoms with E-state index in [1.807, 2.05) is 13.8 Å². The summed E-state index contributed by atoms with van der Waals surface area (Å²) >= 11 is 0. The molecule has 0 aliphatic carbocycles. The largest absolute Gasteiger partial charge is 0.480 e. The topological polar surface area (TPSA) is 200 Å². The van der Waals surface area contributed by atoms with Gasteiger partial charge in [0.1, 0.15) is 12.1 Å². The minimum Gasteiger partial charge on any atom is -0.480 e. The number of hydrogen-bond acceptors (Lipinski definition) is 7. The number of nitrogens with two attached hydrogens (primary N) is 1. The maximum absolute atomic E-state index is 13.1. The summed E-state index contributed by atoms with van der Waals surface area (Å²) in [4.78, 5) is 56.6. The van der Waals surface area contributed by atoms with Crippen molar-refractivity contribution in [3.8, 4) is 0 Å². The van der Waals surface area contributed by atoms with Crippen LogP contribution < -0.4 is 21.7 Å². The number of hydrogen-bond donors (Lipinski definition) is 7. The van der Waals surface area contributed by atoms with Crippen molar-refractivity contribution in [1.29, 1.82) is 0 Å². The molecule has 12 nitrogen and oxygen atoms in total. The van der Waals surface area contributed by atoms with Crippen LogP contribution in [0, 0.1) is 11.8 Å². The van der Waals surface area contributed by atoms with Gasteiger partial charge in [-0.3, -0.25) is 14.4 Å². The third-order valence-corrected chi connectivity index (χ3v) is 5.01. The average Bonchev–Trinajstić information content (AvgIpc) is 3.22. The van der Waals surface area contributed by atoms with E-state index in [1.54, 1.807) is 20.0 Å². The number of aromatic nitrogens is 2. The number of amides is 3. The van der Waals surface area contributed by atoms with Gasteiger partial charge in [0.15, 0.2) is 6.04 Å². The Labute approximate surface area is 193 Å². The van der Waals surface area contributed by atoms with Gasteiger partial charge in [0, 0.05) is 12.6 Å². The first-order chi connectivity index (χ1) is 15.3. The van der Waals surface area contributed by atoms with Gasteiger partial charge in [-0.25, -0.2) is 9.78 Å². The van der Waals surface area contributed by atoms with Gasteiger partial charge in [0.2, 0.25) is 17.7 Å². The Balaban J connectivity index is 3.06. The van der Waals surface area contributed by atoms with Crippen molar-refractivity contribution in [3.05, 3.63) is 18.2 Å². The molecule has 0 saturated carbocycles. The summed E-state index contributed by atoms with van der Waals surface area (Å²) in [6.07, 6.45) is 1.92. The van der Waals surface area contributed by atoms with E-state index in [-0.39, 0.29) is 24.7 Å². The molecule has 0 bridgehead atoms. The summed E-state index contributed by atoms with van der Waals surface area (Å²) in [6.45, 7) is 8.46. The zero-order chi connectivity index (χ0) is 25.3. The van der Waals surface area contributed by atoms with Crippen LogP contribution in [0.4, 0.5) is 0 Å². The van der Waals surface area contributed by atoms with Crippen molar-refractivity contribution in [2.75, 3.05) is 0 Å². The number of aromatic amines is 1. The Morgan fingerprint density at radius 2 is 1.58 bits per heavy atom. The standard InChI is InChI=1S/C21H36N6O6/c1-10(2)6-14(19(30)27-17(12(5)28)21(32)33)25-18(29)15(7-13-8-23-9-24-13)26-20(31)16(22)11(3)4/h8-12,14-17,28H,6-7,22H2,1-5H3,(H,23,24)(H,25,29)(H,26,31)(H,27,30)(H,32,33). The molecule has 1 heterocycles. The predicted molar refractivity (Wildman–Crippen MR) is 120 cm³/mol. The van der Waals surface area contributed by atoms with Crippen molar-refractivity contribution in [3.63, 3.8) is 0 Å². The lowest BCUT2D eigenvalue weighted by molar-refractivity contribution is -0.145. The number of rotatable bonds is 13. The third kappa shape index (κ3) is 9.18. The fourth-order valence-electron chi connectivity index (χ4n) is 3.01. The lowest BCUT2D eigenvalue weighted by Gasteiger charge is -2.26. The maximum Gasteiger partial charge on any atom is 0.328 e. The van der Waals surface area contributed by atoms with Gasteiger partial charge in [0.05, 0.1) is 24.2 Å². The summed E-state index contributed by atoms with van der Waals surface area (Å²) in [7, 11) is 0. The highest BCUT2D eigenvalue weighted by molar-refractivity contribution is 5.94. The summed E-state index contributed by atoms with van der Waals surface area (Å²) < 4.78 is 0. The van der Waals surface area contributed by atoms with Crippen LogP contribution in [0.15, 0.2) is 12.5 Å². The normalized spacial score (nSPS) is 15.9. The molecule has 0 saturated heterocycles. The van der Waals surface area contributed by atoms with Crippen LogP contribution in [0.25, 0.3) is 0 Å². The summed E-state index contributed by atoms with van der Waals surface area (Å²) in [5.41, 5.74) is 6.41. The van der Waals surface area contributed by atoms with Gasteiger partial charge >= 0.3 is 5.97 Å². The number of aliphatic carboxylic acids is 1. The quantitative estimate of drug-likeness (QED) is 0.189. The molecule has 8 N–H and O–H groups in total. The maximum atomic E-state index is 13.1. The molecule has 3 amide bonds. The number of aliphatic hydroxyl groups is 1. The van der Waals surface area contributed by atoms with Crippen LogP contribution in [-0.2, 0) is 25.6 Å². The number of carbonyl (C=O) groups is 4. The molecule has 186 valence electrons. The lowest BCUT2D eigenvalue weighted by Crippen LogP contribution is -2.59. The van der Waals surface area contributed by atoms with E-state index in [4.69, 9.17) is 5.73 Å². The smallest absolute Gasteiger partial charge is 0.328 e. The van der Waals surface area contributed by atoms with Crippen LogP contribution >= 0.6 is 0 Å². The number of aliphatic hydroxyl groups excluding tert-OH is 1. The highest BCUT2D eigenvalue weighted by atomic mass is 16.4. The minimum atomic E-state index is -1.53. The molecular formula is C21H36N6O6. The van der Waals surface area contributed by atoms with Crippen molar-refractivity contribution in [2.45, 2.75) is 77.7 Å². The minimum absolute atomic E-state index is 0.0235. The first-order valence-corrected chi connectivity index (χ1v) is 10.9. The fraction of sp³-hybridized carbons (Fsp3) is 0.667. The molecule has 33 heavy (non-hydrogen) atoms. The zero-order valence-corrected chi connectivity index (χ0v) is 19.7. The second-order valence-corrected chi connectivity index (χ2v) is 8.85. The van der Waals surface area contributed by atoms with E-state index in [2.05, 4.69) is 25.9 Å². The highest BCUT2D eigenvalue weighted by Crippen LogP contribution is 2.09. The van der Waals surface area contributed by atoms with E-state index in [0.29, 0.717) is 5.69 Å². The number of carboxylic acids is 1. The Kier molecular flexibility index (Phi) is 11.0. The Bertz CT molecular complexity index is 795. The van der Waals surface area contributed by atoms with E-state index in [0.717, 1.165) is 0 Å². The molecule has 0 aliphatic heterocycles. The first kappa shape index (κ1) is 28.0. The van der Waals surface area contributed by atoms with Crippen molar-refractivity contribution in [2.24, 2.45) is 17.6 Å². The average molecular weight is 469 g/mol. The number of carbonyl (C=O) groups excluding carboxylic acids is 3. The Morgan fingerprint density at radius 3 is 2.03 bits per heavy atom. The van der Waals surface area contributed by atoms with E-state index < -0.39 is 54.0 Å². The van der Waals surface area contributed by atoms with Crippen LogP contribution in [0.3, 0.4) is 0 Å². The van der Waals surface area contributed by atoms with Gasteiger partial charge < -0.3 is 36.9 Å². The second kappa shape index (κ2) is 12.9. The Hall–Kier alpha value is -2.99. The Morgan fingerprint density at radius 1 is 1.00 bits per heavy atom. The number of nitrogens with one attached hydrogen (secondary N) is 4. The van der Waals surface area contributed by atoms with Gasteiger partial charge in [-0.2, -0.15) is 0 Å². The monoisotopic (exact) mass is 468 g/mol. The molecule has 0 aliphatic rings. The van der Waals surface area contributed by atoms with Crippen LogP contribution in [0.2, 0.25) is 0 Å². The van der Waals surface area contributed by atoms with E-state index >= 15 is 0 Å². The van der Waals surface area contributed by atoms with Crippen LogP contribution in [0.5, 0.6) is 0 Å². The molecule has 1 aromatic rings. The van der Waals surface area contributed by atoms with Gasteiger partial charge in [-0.1, -0.05) is 27.7 Å². The van der Waals surface area contributed by atoms with Crippen molar-refractivity contribution < 1.29 is 29.4 Å². The number of imidazole rings is 1. The summed E-state index contributed by atoms with van der Waals surface area (Å²) in [5, 5.41) is 26.4. The van der Waals surface area contributed by atoms with Crippen LogP contribution in [0.1, 0.15) is 46.7 Å². The number of carboxylic acid groups (broad SMARTS) is 1. The van der Waals surface area contributed by atoms with Gasteiger partial charge in [0.25, 0.3) is 0 Å². The molecule has 0 aromatic carbocycles. The summed E-state index contributed by atoms with van der Waals surface area (Å²) in [6, 6.07) is -4.53. The highest BCUT2D eigenvalue weighted by Gasteiger charge is 2.32. The molecule has 1 aromatic heterocycles. The van der Waals surface area contributed by atoms with Gasteiger partial charge in [-0.15, -0.1) is 0 Å². The van der Waals surface area contributed by atoms with Crippen molar-refractivity contribution >= 4 is 23.7 Å². The molecule has 0 radical (unpaired) electrons. The molecule has 5 unspecified atom stereocenters. The second-order valence-electron chi connectivity index (χ2n) is 8.85.